The van der Waals surface area contributed by atoms with Crippen molar-refractivity contribution in [2.75, 3.05) is 0 Å². The summed E-state index contributed by atoms with van der Waals surface area (Å²) in [5.74, 6) is 0. The fraction of sp³-hybridized carbons (Fsp3) is 1.00. The zero-order chi connectivity index (χ0) is 21.8. The average Bonchev–Trinajstić information content (AvgIpc) is 2.67. The van der Waals surface area contributed by atoms with Crippen LogP contribution in [0.15, 0.2) is 0 Å². The molecule has 0 saturated carbocycles. The van der Waals surface area contributed by atoms with Gasteiger partial charge < -0.3 is 9.66 Å². The van der Waals surface area contributed by atoms with E-state index in [-0.39, 0.29) is 51.4 Å². The molecule has 0 amide bonds. The Labute approximate surface area is 230 Å². The van der Waals surface area contributed by atoms with E-state index in [1.807, 2.05) is 0 Å². The summed E-state index contributed by atoms with van der Waals surface area (Å²) >= 11 is 0. The second-order valence-electron chi connectivity index (χ2n) is 8.87. The molecule has 0 saturated heterocycles. The largest absolute Gasteiger partial charge is 1.00 e. The van der Waals surface area contributed by atoms with Crippen molar-refractivity contribution in [3.05, 3.63) is 0 Å². The van der Waals surface area contributed by atoms with Crippen LogP contribution in [-0.2, 0) is 10.1 Å². The fourth-order valence-electron chi connectivity index (χ4n) is 3.98. The van der Waals surface area contributed by atoms with Gasteiger partial charge in [0.15, 0.2) is 0 Å². The Balaban J connectivity index is 0. The second-order valence-corrected chi connectivity index (χ2v) is 10.5. The summed E-state index contributed by atoms with van der Waals surface area (Å²) in [7, 11) is -4.27. The number of aliphatic hydroxyl groups excluding tert-OH is 1. The molecule has 0 aromatic rings. The summed E-state index contributed by atoms with van der Waals surface area (Å²) in [5.41, 5.74) is 0. The molecule has 0 bridgehead atoms. The molecule has 0 radical (unpaired) electrons. The first-order chi connectivity index (χ1) is 13.9. The summed E-state index contributed by atoms with van der Waals surface area (Å²) in [6, 6.07) is 0. The second kappa shape index (κ2) is 23.7. The SMILES string of the molecule is CCCCCCCCCCCCCCC(CCC(O)CCCCCC)S(=O)(=O)[O-].[K+]. The zero-order valence-corrected chi connectivity index (χ0v) is 24.3. The molecule has 1 N–H and O–H groups in total. The van der Waals surface area contributed by atoms with Crippen molar-refractivity contribution < 1.29 is 69.5 Å². The first-order valence-electron chi connectivity index (χ1n) is 12.5. The van der Waals surface area contributed by atoms with Gasteiger partial charge >= 0.3 is 51.4 Å². The van der Waals surface area contributed by atoms with Crippen LogP contribution in [0.5, 0.6) is 0 Å². The summed E-state index contributed by atoms with van der Waals surface area (Å²) in [6.45, 7) is 4.39. The Kier molecular flexibility index (Phi) is 26.6. The quantitative estimate of drug-likeness (QED) is 0.146. The molecule has 0 rings (SSSR count). The normalized spacial score (nSPS) is 13.7. The minimum Gasteiger partial charge on any atom is -0.748 e. The summed E-state index contributed by atoms with van der Waals surface area (Å²) in [6.07, 6.45) is 20.6. The summed E-state index contributed by atoms with van der Waals surface area (Å²) < 4.78 is 34.6. The van der Waals surface area contributed by atoms with Crippen LogP contribution >= 0.6 is 0 Å². The van der Waals surface area contributed by atoms with Crippen LogP contribution < -0.4 is 51.4 Å². The molecule has 0 aliphatic rings. The Morgan fingerprint density at radius 2 is 0.967 bits per heavy atom. The molecule has 0 aliphatic heterocycles. The van der Waals surface area contributed by atoms with Crippen molar-refractivity contribution in [2.24, 2.45) is 0 Å². The third-order valence-corrected chi connectivity index (χ3v) is 7.29. The van der Waals surface area contributed by atoms with Crippen molar-refractivity contribution in [3.8, 4) is 0 Å². The molecular weight excluding hydrogens is 423 g/mol. The van der Waals surface area contributed by atoms with Gasteiger partial charge in [0.1, 0.15) is 0 Å². The van der Waals surface area contributed by atoms with E-state index >= 15 is 0 Å². The summed E-state index contributed by atoms with van der Waals surface area (Å²) in [4.78, 5) is 0. The standard InChI is InChI=1S/C24H50O4S.K/c1-3-5-7-9-10-11-12-13-14-15-16-18-20-24(29(26,27)28)22-21-23(25)19-17-8-6-4-2;/h23-25H,3-22H2,1-2H3,(H,26,27,28);/q;+1/p-1. The maximum atomic E-state index is 11.5. The van der Waals surface area contributed by atoms with Crippen LogP contribution in [-0.4, -0.2) is 29.4 Å². The number of aliphatic hydroxyl groups is 1. The molecule has 30 heavy (non-hydrogen) atoms. The Bertz CT molecular complexity index is 442. The van der Waals surface area contributed by atoms with Gasteiger partial charge in [-0.05, 0) is 25.7 Å². The first kappa shape index (κ1) is 33.7. The van der Waals surface area contributed by atoms with Crippen LogP contribution in [0.2, 0.25) is 0 Å². The number of unbranched alkanes of at least 4 members (excludes halogenated alkanes) is 14. The van der Waals surface area contributed by atoms with Crippen LogP contribution in [0.4, 0.5) is 0 Å². The summed E-state index contributed by atoms with van der Waals surface area (Å²) in [5, 5.41) is 9.22. The average molecular weight is 473 g/mol. The molecule has 0 spiro atoms. The topological polar surface area (TPSA) is 77.4 Å². The van der Waals surface area contributed by atoms with Crippen molar-refractivity contribution in [2.45, 2.75) is 154 Å². The Hall–Kier alpha value is 1.51. The van der Waals surface area contributed by atoms with Crippen LogP contribution in [0.25, 0.3) is 0 Å². The maximum Gasteiger partial charge on any atom is 1.00 e. The molecule has 0 fully saturated rings. The van der Waals surface area contributed by atoms with Crippen molar-refractivity contribution in [1.82, 2.24) is 0 Å². The Morgan fingerprint density at radius 1 is 0.600 bits per heavy atom. The molecule has 0 aliphatic carbocycles. The van der Waals surface area contributed by atoms with Crippen molar-refractivity contribution in [1.29, 1.82) is 0 Å². The van der Waals surface area contributed by atoms with E-state index in [1.54, 1.807) is 0 Å². The van der Waals surface area contributed by atoms with E-state index in [4.69, 9.17) is 0 Å². The minimum absolute atomic E-state index is 0. The van der Waals surface area contributed by atoms with E-state index in [0.717, 1.165) is 38.5 Å². The van der Waals surface area contributed by atoms with Gasteiger partial charge in [-0.2, -0.15) is 0 Å². The van der Waals surface area contributed by atoms with Gasteiger partial charge in [-0.1, -0.05) is 117 Å². The van der Waals surface area contributed by atoms with Crippen LogP contribution in [0.3, 0.4) is 0 Å². The maximum absolute atomic E-state index is 11.5. The van der Waals surface area contributed by atoms with Crippen molar-refractivity contribution in [3.63, 3.8) is 0 Å². The molecular formula is C24H49KO4S. The third kappa shape index (κ3) is 22.7. The monoisotopic (exact) mass is 472 g/mol. The van der Waals surface area contributed by atoms with Gasteiger partial charge in [0, 0.05) is 5.25 Å². The minimum atomic E-state index is -4.27. The van der Waals surface area contributed by atoms with Gasteiger partial charge in [0.25, 0.3) is 0 Å². The van der Waals surface area contributed by atoms with Crippen molar-refractivity contribution >= 4 is 10.1 Å². The molecule has 6 heteroatoms. The first-order valence-corrected chi connectivity index (χ1v) is 14.0. The third-order valence-electron chi connectivity index (χ3n) is 6.00. The molecule has 0 heterocycles. The van der Waals surface area contributed by atoms with Gasteiger partial charge in [-0.15, -0.1) is 0 Å². The number of hydrogen-bond acceptors (Lipinski definition) is 4. The van der Waals surface area contributed by atoms with E-state index in [9.17, 15) is 18.1 Å². The Morgan fingerprint density at radius 3 is 1.40 bits per heavy atom. The fourth-order valence-corrected chi connectivity index (χ4v) is 4.86. The smallest absolute Gasteiger partial charge is 0.748 e. The van der Waals surface area contributed by atoms with Gasteiger partial charge in [0.2, 0.25) is 0 Å². The van der Waals surface area contributed by atoms with E-state index in [2.05, 4.69) is 13.8 Å². The van der Waals surface area contributed by atoms with Crippen LogP contribution in [0, 0.1) is 0 Å². The number of hydrogen-bond donors (Lipinski definition) is 1. The molecule has 0 aromatic carbocycles. The molecule has 4 nitrogen and oxygen atoms in total. The van der Waals surface area contributed by atoms with E-state index < -0.39 is 21.5 Å². The van der Waals surface area contributed by atoms with Crippen LogP contribution in [0.1, 0.15) is 142 Å². The molecule has 176 valence electrons. The number of rotatable bonds is 22. The molecule has 2 unspecified atom stereocenters. The van der Waals surface area contributed by atoms with Gasteiger partial charge in [0.05, 0.1) is 16.2 Å². The van der Waals surface area contributed by atoms with Gasteiger partial charge in [-0.25, -0.2) is 8.42 Å². The van der Waals surface area contributed by atoms with E-state index in [0.29, 0.717) is 25.7 Å². The molecule has 0 aromatic heterocycles. The van der Waals surface area contributed by atoms with E-state index in [1.165, 1.54) is 64.2 Å². The molecule has 2 atom stereocenters. The predicted octanol–water partition coefficient (Wildman–Crippen LogP) is 4.11. The van der Waals surface area contributed by atoms with Gasteiger partial charge in [-0.3, -0.25) is 0 Å². The predicted molar refractivity (Wildman–Crippen MR) is 123 cm³/mol. The zero-order valence-electron chi connectivity index (χ0n) is 20.4.